The molecule has 2 amide bonds. The first-order valence-electron chi connectivity index (χ1n) is 10.8. The summed E-state index contributed by atoms with van der Waals surface area (Å²) in [5.41, 5.74) is 2.34. The van der Waals surface area contributed by atoms with Gasteiger partial charge in [0.2, 0.25) is 5.91 Å². The van der Waals surface area contributed by atoms with Gasteiger partial charge in [-0.05, 0) is 75.3 Å². The number of hydrogen-bond donors (Lipinski definition) is 1. The van der Waals surface area contributed by atoms with Gasteiger partial charge in [-0.15, -0.1) is 0 Å². The van der Waals surface area contributed by atoms with Crippen LogP contribution in [0.25, 0.3) is 0 Å². The highest BCUT2D eigenvalue weighted by molar-refractivity contribution is 6.07. The molecule has 0 bridgehead atoms. The number of hydrogen-bond acceptors (Lipinski definition) is 3. The standard InChI is InChI=1S/C25H30N2O3/c1-25(2)21-9-4-5-10-22(21)27(24(25)29)16-17-11-13-19(14-12-17)26-23(28)18-7-6-8-20(15-18)30-3/h4-10,15,17,19H,11-14,16H2,1-3H3,(H,26,28). The van der Waals surface area contributed by atoms with Crippen molar-refractivity contribution in [3.8, 4) is 5.75 Å². The van der Waals surface area contributed by atoms with Crippen molar-refractivity contribution in [2.24, 2.45) is 5.92 Å². The Labute approximate surface area is 178 Å². The average Bonchev–Trinajstić information content (AvgIpc) is 2.96. The molecule has 0 atom stereocenters. The molecule has 4 rings (SSSR count). The Morgan fingerprint density at radius 2 is 1.83 bits per heavy atom. The number of carbonyl (C=O) groups excluding carboxylic acids is 2. The van der Waals surface area contributed by atoms with Crippen LogP contribution in [0.4, 0.5) is 5.69 Å². The van der Waals surface area contributed by atoms with Crippen LogP contribution in [0.5, 0.6) is 5.75 Å². The van der Waals surface area contributed by atoms with Gasteiger partial charge in [-0.25, -0.2) is 0 Å². The maximum atomic E-state index is 13.0. The Bertz CT molecular complexity index is 945. The van der Waals surface area contributed by atoms with Crippen LogP contribution in [-0.2, 0) is 10.2 Å². The van der Waals surface area contributed by atoms with Crippen molar-refractivity contribution in [3.63, 3.8) is 0 Å². The Hall–Kier alpha value is -2.82. The second kappa shape index (κ2) is 8.13. The van der Waals surface area contributed by atoms with Gasteiger partial charge in [0, 0.05) is 23.8 Å². The van der Waals surface area contributed by atoms with Gasteiger partial charge in [-0.3, -0.25) is 9.59 Å². The molecule has 30 heavy (non-hydrogen) atoms. The van der Waals surface area contributed by atoms with Gasteiger partial charge >= 0.3 is 0 Å². The summed E-state index contributed by atoms with van der Waals surface area (Å²) < 4.78 is 5.21. The van der Waals surface area contributed by atoms with E-state index in [4.69, 9.17) is 4.74 Å². The Morgan fingerprint density at radius 3 is 2.57 bits per heavy atom. The van der Waals surface area contributed by atoms with Crippen molar-refractivity contribution in [3.05, 3.63) is 59.7 Å². The molecule has 2 aromatic rings. The molecule has 0 aromatic heterocycles. The van der Waals surface area contributed by atoms with Gasteiger partial charge in [-0.1, -0.05) is 24.3 Å². The smallest absolute Gasteiger partial charge is 0.251 e. The lowest BCUT2D eigenvalue weighted by molar-refractivity contribution is -0.122. The van der Waals surface area contributed by atoms with Crippen molar-refractivity contribution >= 4 is 17.5 Å². The van der Waals surface area contributed by atoms with E-state index in [1.807, 2.05) is 49.1 Å². The molecule has 1 aliphatic heterocycles. The van der Waals surface area contributed by atoms with E-state index >= 15 is 0 Å². The van der Waals surface area contributed by atoms with Crippen LogP contribution in [0.15, 0.2) is 48.5 Å². The van der Waals surface area contributed by atoms with Gasteiger partial charge in [-0.2, -0.15) is 0 Å². The number of nitrogens with one attached hydrogen (secondary N) is 1. The Morgan fingerprint density at radius 1 is 1.10 bits per heavy atom. The van der Waals surface area contributed by atoms with E-state index in [1.54, 1.807) is 13.2 Å². The van der Waals surface area contributed by atoms with Crippen LogP contribution < -0.4 is 15.0 Å². The minimum absolute atomic E-state index is 0.0530. The molecule has 0 saturated heterocycles. The molecular formula is C25H30N2O3. The van der Waals surface area contributed by atoms with E-state index in [-0.39, 0.29) is 17.9 Å². The monoisotopic (exact) mass is 406 g/mol. The van der Waals surface area contributed by atoms with Crippen LogP contribution in [0.3, 0.4) is 0 Å². The molecule has 1 heterocycles. The number of carbonyl (C=O) groups is 2. The molecule has 5 nitrogen and oxygen atoms in total. The normalized spacial score (nSPS) is 22.5. The van der Waals surface area contributed by atoms with E-state index in [2.05, 4.69) is 17.4 Å². The molecule has 158 valence electrons. The van der Waals surface area contributed by atoms with E-state index in [9.17, 15) is 9.59 Å². The summed E-state index contributed by atoms with van der Waals surface area (Å²) in [6.45, 7) is 4.79. The molecule has 1 fully saturated rings. The zero-order chi connectivity index (χ0) is 21.3. The van der Waals surface area contributed by atoms with Crippen molar-refractivity contribution in [1.29, 1.82) is 0 Å². The number of rotatable bonds is 5. The maximum Gasteiger partial charge on any atom is 0.251 e. The molecule has 2 aromatic carbocycles. The molecule has 2 aliphatic rings. The van der Waals surface area contributed by atoms with Crippen LogP contribution in [0.2, 0.25) is 0 Å². The first kappa shape index (κ1) is 20.5. The van der Waals surface area contributed by atoms with Crippen LogP contribution in [-0.4, -0.2) is 31.5 Å². The van der Waals surface area contributed by atoms with Gasteiger partial charge < -0.3 is 15.0 Å². The second-order valence-corrected chi connectivity index (χ2v) is 8.98. The maximum absolute atomic E-state index is 13.0. The molecule has 1 saturated carbocycles. The molecule has 0 spiro atoms. The minimum atomic E-state index is -0.460. The zero-order valence-electron chi connectivity index (χ0n) is 18.0. The molecule has 1 aliphatic carbocycles. The third-order valence-corrected chi connectivity index (χ3v) is 6.60. The molecule has 0 radical (unpaired) electrons. The van der Waals surface area contributed by atoms with Crippen molar-refractivity contribution in [2.75, 3.05) is 18.6 Å². The van der Waals surface area contributed by atoms with Gasteiger partial charge in [0.25, 0.3) is 5.91 Å². The summed E-state index contributed by atoms with van der Waals surface area (Å²) in [5, 5.41) is 3.16. The third kappa shape index (κ3) is 3.81. The van der Waals surface area contributed by atoms with Crippen molar-refractivity contribution < 1.29 is 14.3 Å². The number of fused-ring (bicyclic) bond motifs is 1. The van der Waals surface area contributed by atoms with Crippen LogP contribution >= 0.6 is 0 Å². The topological polar surface area (TPSA) is 58.6 Å². The molecule has 0 unspecified atom stereocenters. The van der Waals surface area contributed by atoms with Crippen LogP contribution in [0.1, 0.15) is 55.5 Å². The summed E-state index contributed by atoms with van der Waals surface area (Å²) in [6.07, 6.45) is 3.89. The minimum Gasteiger partial charge on any atom is -0.497 e. The lowest BCUT2D eigenvalue weighted by Crippen LogP contribution is -2.42. The molecular weight excluding hydrogens is 376 g/mol. The summed E-state index contributed by atoms with van der Waals surface area (Å²) in [7, 11) is 1.60. The van der Waals surface area contributed by atoms with Crippen molar-refractivity contribution in [1.82, 2.24) is 5.32 Å². The third-order valence-electron chi connectivity index (χ3n) is 6.60. The molecule has 5 heteroatoms. The summed E-state index contributed by atoms with van der Waals surface area (Å²) in [4.78, 5) is 27.6. The highest BCUT2D eigenvalue weighted by Gasteiger charge is 2.44. The SMILES string of the molecule is COc1cccc(C(=O)NC2CCC(CN3C(=O)C(C)(C)c4ccccc43)CC2)c1. The summed E-state index contributed by atoms with van der Waals surface area (Å²) >= 11 is 0. The Kier molecular flexibility index (Phi) is 5.54. The second-order valence-electron chi connectivity index (χ2n) is 8.98. The first-order valence-corrected chi connectivity index (χ1v) is 10.8. The lowest BCUT2D eigenvalue weighted by Gasteiger charge is -2.32. The summed E-state index contributed by atoms with van der Waals surface area (Å²) in [6, 6.07) is 15.6. The predicted molar refractivity (Wildman–Crippen MR) is 118 cm³/mol. The highest BCUT2D eigenvalue weighted by atomic mass is 16.5. The quantitative estimate of drug-likeness (QED) is 0.805. The number of methoxy groups -OCH3 is 1. The first-order chi connectivity index (χ1) is 14.4. The zero-order valence-corrected chi connectivity index (χ0v) is 18.0. The number of benzene rings is 2. The fraction of sp³-hybridized carbons (Fsp3) is 0.440. The van der Waals surface area contributed by atoms with E-state index in [0.717, 1.165) is 43.5 Å². The largest absolute Gasteiger partial charge is 0.497 e. The van der Waals surface area contributed by atoms with Gasteiger partial charge in [0.1, 0.15) is 5.75 Å². The highest BCUT2D eigenvalue weighted by Crippen LogP contribution is 2.42. The van der Waals surface area contributed by atoms with Crippen LogP contribution in [0, 0.1) is 5.92 Å². The number of ether oxygens (including phenoxy) is 1. The predicted octanol–water partition coefficient (Wildman–Crippen LogP) is 4.31. The summed E-state index contributed by atoms with van der Waals surface area (Å²) in [5.74, 6) is 1.28. The van der Waals surface area contributed by atoms with Gasteiger partial charge in [0.05, 0.1) is 12.5 Å². The fourth-order valence-corrected chi connectivity index (χ4v) is 4.76. The van der Waals surface area contributed by atoms with E-state index in [0.29, 0.717) is 17.2 Å². The lowest BCUT2D eigenvalue weighted by atomic mass is 9.85. The van der Waals surface area contributed by atoms with E-state index in [1.165, 1.54) is 0 Å². The van der Waals surface area contributed by atoms with Crippen molar-refractivity contribution in [2.45, 2.75) is 51.0 Å². The number of amides is 2. The average molecular weight is 407 g/mol. The number of nitrogens with zero attached hydrogens (tertiary/aromatic N) is 1. The number of para-hydroxylation sites is 1. The fourth-order valence-electron chi connectivity index (χ4n) is 4.76. The number of anilines is 1. The molecule has 1 N–H and O–H groups in total. The Balaban J connectivity index is 1.34. The van der Waals surface area contributed by atoms with Gasteiger partial charge in [0.15, 0.2) is 0 Å². The van der Waals surface area contributed by atoms with E-state index < -0.39 is 5.41 Å².